The van der Waals surface area contributed by atoms with E-state index >= 15 is 0 Å². The highest BCUT2D eigenvalue weighted by molar-refractivity contribution is 6.76. The van der Waals surface area contributed by atoms with Gasteiger partial charge in [-0.3, -0.25) is 0 Å². The fourth-order valence-electron chi connectivity index (χ4n) is 1.65. The zero-order valence-electron chi connectivity index (χ0n) is 10.4. The fourth-order valence-corrected chi connectivity index (χ4v) is 3.18. The van der Waals surface area contributed by atoms with Crippen molar-refractivity contribution in [3.63, 3.8) is 0 Å². The minimum atomic E-state index is -1.18. The van der Waals surface area contributed by atoms with Crippen LogP contribution in [0.1, 0.15) is 5.56 Å². The molecule has 1 N–H and O–H groups in total. The highest BCUT2D eigenvalue weighted by Crippen LogP contribution is 2.12. The Morgan fingerprint density at radius 2 is 1.81 bits per heavy atom. The maximum atomic E-state index is 9.77. The third-order valence-corrected chi connectivity index (χ3v) is 3.97. The molecule has 3 heteroatoms. The number of aliphatic hydroxyl groups is 1. The van der Waals surface area contributed by atoms with Gasteiger partial charge in [-0.05, 0) is 11.6 Å². The molecule has 0 aromatic heterocycles. The van der Waals surface area contributed by atoms with Crippen LogP contribution in [0.15, 0.2) is 30.3 Å². The SMILES string of the molecule is C[Si](C)(C)CC(O)COCc1ccccc1. The smallest absolute Gasteiger partial charge is 0.0750 e. The van der Waals surface area contributed by atoms with E-state index in [1.807, 2.05) is 30.3 Å². The Labute approximate surface area is 99.3 Å². The van der Waals surface area contributed by atoms with E-state index in [1.165, 1.54) is 0 Å². The number of rotatable bonds is 6. The molecule has 2 nitrogen and oxygen atoms in total. The molecule has 1 rings (SSSR count). The van der Waals surface area contributed by atoms with Gasteiger partial charge in [0.25, 0.3) is 0 Å². The van der Waals surface area contributed by atoms with E-state index in [1.54, 1.807) is 0 Å². The van der Waals surface area contributed by atoms with Gasteiger partial charge < -0.3 is 9.84 Å². The summed E-state index contributed by atoms with van der Waals surface area (Å²) in [5.74, 6) is 0. The highest BCUT2D eigenvalue weighted by atomic mass is 28.3. The van der Waals surface area contributed by atoms with Crippen LogP contribution in [0.5, 0.6) is 0 Å². The Kier molecular flexibility index (Phi) is 5.18. The second-order valence-corrected chi connectivity index (χ2v) is 10.9. The zero-order valence-corrected chi connectivity index (χ0v) is 11.4. The Morgan fingerprint density at radius 3 is 2.38 bits per heavy atom. The van der Waals surface area contributed by atoms with E-state index in [2.05, 4.69) is 19.6 Å². The van der Waals surface area contributed by atoms with E-state index in [0.29, 0.717) is 13.2 Å². The first kappa shape index (κ1) is 13.4. The first-order chi connectivity index (χ1) is 7.47. The first-order valence-corrected chi connectivity index (χ1v) is 9.48. The number of aliphatic hydroxyl groups excluding tert-OH is 1. The van der Waals surface area contributed by atoms with E-state index in [4.69, 9.17) is 4.74 Å². The van der Waals surface area contributed by atoms with Gasteiger partial charge in [0.05, 0.1) is 19.3 Å². The summed E-state index contributed by atoms with van der Waals surface area (Å²) in [5, 5.41) is 9.77. The molecule has 16 heavy (non-hydrogen) atoms. The van der Waals surface area contributed by atoms with Gasteiger partial charge in [-0.25, -0.2) is 0 Å². The number of hydrogen-bond acceptors (Lipinski definition) is 2. The summed E-state index contributed by atoms with van der Waals surface area (Å²) in [6.45, 7) is 7.80. The van der Waals surface area contributed by atoms with Gasteiger partial charge in [-0.15, -0.1) is 0 Å². The fraction of sp³-hybridized carbons (Fsp3) is 0.538. The van der Waals surface area contributed by atoms with E-state index in [0.717, 1.165) is 11.6 Å². The molecule has 0 saturated heterocycles. The van der Waals surface area contributed by atoms with Crippen molar-refractivity contribution in [2.45, 2.75) is 38.4 Å². The van der Waals surface area contributed by atoms with Gasteiger partial charge in [0.1, 0.15) is 0 Å². The van der Waals surface area contributed by atoms with Crippen molar-refractivity contribution in [3.8, 4) is 0 Å². The van der Waals surface area contributed by atoms with Crippen LogP contribution >= 0.6 is 0 Å². The molecule has 0 bridgehead atoms. The van der Waals surface area contributed by atoms with Gasteiger partial charge >= 0.3 is 0 Å². The molecule has 0 saturated carbocycles. The molecule has 0 aliphatic rings. The molecule has 1 aromatic rings. The van der Waals surface area contributed by atoms with Crippen molar-refractivity contribution in [2.75, 3.05) is 6.61 Å². The molecule has 0 radical (unpaired) electrons. The average Bonchev–Trinajstić information content (AvgIpc) is 2.16. The largest absolute Gasteiger partial charge is 0.391 e. The molecular weight excluding hydrogens is 216 g/mol. The van der Waals surface area contributed by atoms with Gasteiger partial charge in [0.2, 0.25) is 0 Å². The molecule has 1 unspecified atom stereocenters. The standard InChI is InChI=1S/C13H22O2Si/c1-16(2,3)11-13(14)10-15-9-12-7-5-4-6-8-12/h4-8,13-14H,9-11H2,1-3H3. The lowest BCUT2D eigenvalue weighted by atomic mass is 10.2. The summed E-state index contributed by atoms with van der Waals surface area (Å²) in [5.41, 5.74) is 1.16. The third-order valence-electron chi connectivity index (χ3n) is 2.27. The van der Waals surface area contributed by atoms with Crippen LogP contribution in [0.2, 0.25) is 25.7 Å². The van der Waals surface area contributed by atoms with Crippen molar-refractivity contribution < 1.29 is 9.84 Å². The Bertz CT molecular complexity index is 293. The van der Waals surface area contributed by atoms with Gasteiger partial charge in [0.15, 0.2) is 0 Å². The lowest BCUT2D eigenvalue weighted by molar-refractivity contribution is 0.0370. The minimum absolute atomic E-state index is 0.310. The molecule has 1 atom stereocenters. The maximum Gasteiger partial charge on any atom is 0.0750 e. The van der Waals surface area contributed by atoms with Crippen molar-refractivity contribution >= 4 is 8.07 Å². The van der Waals surface area contributed by atoms with Crippen LogP contribution in [0.4, 0.5) is 0 Å². The Hall–Kier alpha value is -0.643. The number of benzene rings is 1. The van der Waals surface area contributed by atoms with Gasteiger partial charge in [-0.2, -0.15) is 0 Å². The predicted molar refractivity (Wildman–Crippen MR) is 70.3 cm³/mol. The Morgan fingerprint density at radius 1 is 1.19 bits per heavy atom. The molecule has 0 aliphatic heterocycles. The Balaban J connectivity index is 2.21. The molecule has 0 spiro atoms. The van der Waals surface area contributed by atoms with Crippen LogP contribution in [-0.4, -0.2) is 25.9 Å². The highest BCUT2D eigenvalue weighted by Gasteiger charge is 2.18. The average molecular weight is 238 g/mol. The third kappa shape index (κ3) is 6.05. The summed E-state index contributed by atoms with van der Waals surface area (Å²) < 4.78 is 5.50. The first-order valence-electron chi connectivity index (χ1n) is 5.77. The summed E-state index contributed by atoms with van der Waals surface area (Å²) in [6.07, 6.45) is -0.310. The van der Waals surface area contributed by atoms with Crippen molar-refractivity contribution in [1.82, 2.24) is 0 Å². The molecule has 0 heterocycles. The maximum absolute atomic E-state index is 9.77. The van der Waals surface area contributed by atoms with Crippen LogP contribution in [-0.2, 0) is 11.3 Å². The summed E-state index contributed by atoms with van der Waals surface area (Å²) >= 11 is 0. The van der Waals surface area contributed by atoms with E-state index < -0.39 is 8.07 Å². The molecule has 1 aromatic carbocycles. The number of ether oxygens (including phenoxy) is 1. The zero-order chi connectivity index (χ0) is 12.0. The van der Waals surface area contributed by atoms with Crippen LogP contribution in [0.3, 0.4) is 0 Å². The summed E-state index contributed by atoms with van der Waals surface area (Å²) in [7, 11) is -1.18. The monoisotopic (exact) mass is 238 g/mol. The molecular formula is C13H22O2Si. The second-order valence-electron chi connectivity index (χ2n) is 5.42. The topological polar surface area (TPSA) is 29.5 Å². The molecule has 0 fully saturated rings. The molecule has 0 aliphatic carbocycles. The molecule has 90 valence electrons. The van der Waals surface area contributed by atoms with Crippen LogP contribution in [0, 0.1) is 0 Å². The summed E-state index contributed by atoms with van der Waals surface area (Å²) in [6, 6.07) is 11.0. The molecule has 0 amide bonds. The number of hydrogen-bond donors (Lipinski definition) is 1. The van der Waals surface area contributed by atoms with Gasteiger partial charge in [-0.1, -0.05) is 50.0 Å². The minimum Gasteiger partial charge on any atom is -0.391 e. The predicted octanol–water partition coefficient (Wildman–Crippen LogP) is 2.90. The van der Waals surface area contributed by atoms with Crippen LogP contribution < -0.4 is 0 Å². The lowest BCUT2D eigenvalue weighted by Gasteiger charge is -2.20. The van der Waals surface area contributed by atoms with Crippen molar-refractivity contribution in [1.29, 1.82) is 0 Å². The van der Waals surface area contributed by atoms with Crippen molar-refractivity contribution in [3.05, 3.63) is 35.9 Å². The van der Waals surface area contributed by atoms with Crippen LogP contribution in [0.25, 0.3) is 0 Å². The van der Waals surface area contributed by atoms with Crippen molar-refractivity contribution in [2.24, 2.45) is 0 Å². The normalized spacial score (nSPS) is 13.8. The van der Waals surface area contributed by atoms with E-state index in [9.17, 15) is 5.11 Å². The quantitative estimate of drug-likeness (QED) is 0.772. The van der Waals surface area contributed by atoms with E-state index in [-0.39, 0.29) is 6.10 Å². The lowest BCUT2D eigenvalue weighted by Crippen LogP contribution is -2.29. The second kappa shape index (κ2) is 6.18. The van der Waals surface area contributed by atoms with Gasteiger partial charge in [0, 0.05) is 8.07 Å². The summed E-state index contributed by atoms with van der Waals surface area (Å²) in [4.78, 5) is 0.